The van der Waals surface area contributed by atoms with Crippen LogP contribution < -0.4 is 32.2 Å². The monoisotopic (exact) mass is 649 g/mol. The molecule has 2 aromatic rings. The Morgan fingerprint density at radius 3 is 2.07 bits per heavy atom. The lowest BCUT2D eigenvalue weighted by Gasteiger charge is -2.34. The van der Waals surface area contributed by atoms with Crippen molar-refractivity contribution in [3.63, 3.8) is 0 Å². The van der Waals surface area contributed by atoms with Gasteiger partial charge in [-0.3, -0.25) is 19.2 Å². The third-order valence-corrected chi connectivity index (χ3v) is 7.57. The first-order valence-electron chi connectivity index (χ1n) is 15.3. The van der Waals surface area contributed by atoms with E-state index >= 15 is 0 Å². The van der Waals surface area contributed by atoms with Crippen LogP contribution in [0.2, 0.25) is 0 Å². The highest BCUT2D eigenvalue weighted by Crippen LogP contribution is 2.24. The summed E-state index contributed by atoms with van der Waals surface area (Å²) >= 11 is 0. The summed E-state index contributed by atoms with van der Waals surface area (Å²) in [4.78, 5) is 52.3. The Kier molecular flexibility index (Phi) is 14.5. The van der Waals surface area contributed by atoms with Gasteiger partial charge in [0.2, 0.25) is 23.6 Å². The fraction of sp³-hybridized carbons (Fsp3) is 0.515. The van der Waals surface area contributed by atoms with Gasteiger partial charge < -0.3 is 32.2 Å². The van der Waals surface area contributed by atoms with Crippen LogP contribution in [0.25, 0.3) is 0 Å². The Hall–Kier alpha value is -4.13. The zero-order valence-electron chi connectivity index (χ0n) is 26.9. The van der Waals surface area contributed by atoms with Gasteiger partial charge >= 0.3 is 6.36 Å². The van der Waals surface area contributed by atoms with Gasteiger partial charge in [-0.25, -0.2) is 0 Å². The predicted octanol–water partition coefficient (Wildman–Crippen LogP) is 3.22. The fourth-order valence-electron chi connectivity index (χ4n) is 5.05. The molecule has 0 aliphatic heterocycles. The number of rotatable bonds is 17. The Balaban J connectivity index is 2.26. The molecule has 0 heterocycles. The van der Waals surface area contributed by atoms with E-state index in [2.05, 4.69) is 20.7 Å². The Bertz CT molecular complexity index is 1310. The van der Waals surface area contributed by atoms with E-state index in [4.69, 9.17) is 11.5 Å². The highest BCUT2D eigenvalue weighted by molar-refractivity contribution is 5.89. The van der Waals surface area contributed by atoms with Crippen LogP contribution in [0.15, 0.2) is 54.6 Å². The third-order valence-electron chi connectivity index (χ3n) is 7.57. The maximum Gasteiger partial charge on any atom is 0.573 e. The lowest BCUT2D eigenvalue weighted by molar-refractivity contribution is -0.274. The highest BCUT2D eigenvalue weighted by atomic mass is 19.4. The molecule has 0 fully saturated rings. The van der Waals surface area contributed by atoms with Crippen molar-refractivity contribution in [2.45, 2.75) is 78.4 Å². The minimum Gasteiger partial charge on any atom is -0.406 e. The first-order valence-corrected chi connectivity index (χ1v) is 15.3. The molecule has 2 aromatic carbocycles. The first-order chi connectivity index (χ1) is 21.5. The Morgan fingerprint density at radius 2 is 1.50 bits per heavy atom. The second-order valence-corrected chi connectivity index (χ2v) is 12.2. The summed E-state index contributed by atoms with van der Waals surface area (Å²) in [5.74, 6) is -4.93. The van der Waals surface area contributed by atoms with E-state index in [0.29, 0.717) is 12.5 Å². The van der Waals surface area contributed by atoms with Gasteiger partial charge in [0.1, 0.15) is 11.8 Å². The molecule has 46 heavy (non-hydrogen) atoms. The summed E-state index contributed by atoms with van der Waals surface area (Å²) in [7, 11) is 0. The number of halogens is 3. The lowest BCUT2D eigenvalue weighted by Crippen LogP contribution is -2.61. The van der Waals surface area contributed by atoms with E-state index in [0.717, 1.165) is 24.1 Å². The molecule has 2 rings (SSSR count). The van der Waals surface area contributed by atoms with Crippen LogP contribution in [0.3, 0.4) is 0 Å². The number of nitrogens with one attached hydrogen (secondary N) is 3. The van der Waals surface area contributed by atoms with Crippen molar-refractivity contribution < 1.29 is 37.1 Å². The van der Waals surface area contributed by atoms with Gasteiger partial charge in [0.05, 0.1) is 12.3 Å². The van der Waals surface area contributed by atoms with Gasteiger partial charge in [-0.1, -0.05) is 77.1 Å². The molecule has 0 aromatic heterocycles. The summed E-state index contributed by atoms with van der Waals surface area (Å²) in [5, 5.41) is 8.35. The maximum absolute atomic E-state index is 13.7. The van der Waals surface area contributed by atoms with Crippen molar-refractivity contribution in [1.29, 1.82) is 0 Å². The molecular formula is C33H46F3N5O5. The molecule has 7 N–H and O–H groups in total. The largest absolute Gasteiger partial charge is 0.573 e. The summed E-state index contributed by atoms with van der Waals surface area (Å²) in [6.45, 7) is 9.45. The quantitative estimate of drug-likeness (QED) is 0.177. The zero-order chi connectivity index (χ0) is 34.6. The van der Waals surface area contributed by atoms with Gasteiger partial charge in [0.25, 0.3) is 0 Å². The van der Waals surface area contributed by atoms with Crippen LogP contribution in [0, 0.1) is 23.7 Å². The minimum absolute atomic E-state index is 0.198. The van der Waals surface area contributed by atoms with Crippen molar-refractivity contribution in [2.75, 3.05) is 6.54 Å². The summed E-state index contributed by atoms with van der Waals surface area (Å²) in [6, 6.07) is 11.1. The Labute approximate surface area is 268 Å². The van der Waals surface area contributed by atoms with Crippen LogP contribution in [0.4, 0.5) is 13.2 Å². The van der Waals surface area contributed by atoms with E-state index in [-0.39, 0.29) is 24.3 Å². The molecule has 13 heteroatoms. The molecule has 1 unspecified atom stereocenters. The van der Waals surface area contributed by atoms with Crippen molar-refractivity contribution >= 4 is 23.6 Å². The molecule has 5 atom stereocenters. The van der Waals surface area contributed by atoms with Crippen LogP contribution in [0.5, 0.6) is 5.75 Å². The van der Waals surface area contributed by atoms with Crippen LogP contribution in [-0.2, 0) is 32.0 Å². The van der Waals surface area contributed by atoms with E-state index in [9.17, 15) is 32.3 Å². The third kappa shape index (κ3) is 12.7. The van der Waals surface area contributed by atoms with Crippen molar-refractivity contribution in [3.8, 4) is 5.75 Å². The van der Waals surface area contributed by atoms with Crippen molar-refractivity contribution in [2.24, 2.45) is 35.1 Å². The summed E-state index contributed by atoms with van der Waals surface area (Å²) in [6.07, 6.45) is -4.26. The van der Waals surface area contributed by atoms with Crippen LogP contribution >= 0.6 is 0 Å². The Morgan fingerprint density at radius 1 is 0.870 bits per heavy atom. The number of amides is 4. The molecule has 0 aliphatic carbocycles. The predicted molar refractivity (Wildman–Crippen MR) is 168 cm³/mol. The molecule has 0 bridgehead atoms. The molecule has 4 amide bonds. The van der Waals surface area contributed by atoms with Gasteiger partial charge in [-0.05, 0) is 47.9 Å². The lowest BCUT2D eigenvalue weighted by atomic mass is 9.81. The highest BCUT2D eigenvalue weighted by Gasteiger charge is 2.39. The maximum atomic E-state index is 13.7. The average molecular weight is 650 g/mol. The average Bonchev–Trinajstić information content (AvgIpc) is 2.94. The summed E-state index contributed by atoms with van der Waals surface area (Å²) < 4.78 is 41.8. The van der Waals surface area contributed by atoms with Gasteiger partial charge in [-0.2, -0.15) is 0 Å². The van der Waals surface area contributed by atoms with E-state index < -0.39 is 65.7 Å². The second kappa shape index (κ2) is 17.5. The van der Waals surface area contributed by atoms with E-state index in [1.807, 2.05) is 44.2 Å². The smallest absolute Gasteiger partial charge is 0.406 e. The number of alkyl halides is 3. The van der Waals surface area contributed by atoms with E-state index in [1.54, 1.807) is 20.8 Å². The number of ether oxygens (including phenoxy) is 1. The molecule has 254 valence electrons. The zero-order valence-corrected chi connectivity index (χ0v) is 26.9. The van der Waals surface area contributed by atoms with Crippen LogP contribution in [0.1, 0.15) is 52.2 Å². The number of primary amides is 1. The molecule has 0 saturated heterocycles. The number of hydrogen-bond acceptors (Lipinski definition) is 6. The molecule has 0 aliphatic rings. The first kappa shape index (κ1) is 38.1. The number of carbonyl (C=O) groups is 4. The minimum atomic E-state index is -4.89. The summed E-state index contributed by atoms with van der Waals surface area (Å²) in [5.41, 5.74) is 13.4. The van der Waals surface area contributed by atoms with Crippen LogP contribution in [-0.4, -0.2) is 54.7 Å². The molecule has 0 saturated carbocycles. The second-order valence-electron chi connectivity index (χ2n) is 12.2. The van der Waals surface area contributed by atoms with Crippen molar-refractivity contribution in [1.82, 2.24) is 16.0 Å². The number of hydrogen-bond donors (Lipinski definition) is 5. The standard InChI is InChI=1S/C33H46F3N5O5/c1-19(2)14-15-39-31(44)21(5)27(30(38)43)28(37)25(17-22-10-7-6-8-11-22)40-32(45)29(20(3)4)41-26(42)18-23-12-9-13-24(16-23)46-33(34,35)36/h6-13,16,19-21,25,27-29H,14-15,17-18,37H2,1-5H3,(H2,38,43)(H,39,44)(H,40,45)(H,41,42)/t21-,25-,27?,28+,29-/m0/s1. The molecule has 0 radical (unpaired) electrons. The molecule has 10 nitrogen and oxygen atoms in total. The fourth-order valence-corrected chi connectivity index (χ4v) is 5.05. The van der Waals surface area contributed by atoms with E-state index in [1.165, 1.54) is 12.1 Å². The number of carbonyl (C=O) groups excluding carboxylic acids is 4. The number of benzene rings is 2. The topological polar surface area (TPSA) is 166 Å². The SMILES string of the molecule is CC(C)CCNC(=O)[C@@H](C)C(C(N)=O)[C@H](N)[C@H](Cc1ccccc1)NC(=O)[C@@H](NC(=O)Cc1cccc(OC(F)(F)F)c1)C(C)C. The van der Waals surface area contributed by atoms with Crippen molar-refractivity contribution in [3.05, 3.63) is 65.7 Å². The number of nitrogens with two attached hydrogens (primary N) is 2. The molecule has 0 spiro atoms. The van der Waals surface area contributed by atoms with Gasteiger partial charge in [0, 0.05) is 24.5 Å². The van der Waals surface area contributed by atoms with Gasteiger partial charge in [0.15, 0.2) is 0 Å². The molecular weight excluding hydrogens is 603 g/mol. The normalized spacial score (nSPS) is 14.9. The van der Waals surface area contributed by atoms with Gasteiger partial charge in [-0.15, -0.1) is 13.2 Å².